The molecule has 1 aromatic carbocycles. The maximum absolute atomic E-state index is 6.24. The number of hydrogen-bond donors (Lipinski definition) is 1. The first kappa shape index (κ1) is 12.5. The summed E-state index contributed by atoms with van der Waals surface area (Å²) in [6.45, 7) is 2.02. The molecular formula is C14H11BrClN3. The lowest BCUT2D eigenvalue weighted by Crippen LogP contribution is -1.94. The van der Waals surface area contributed by atoms with Gasteiger partial charge in [-0.05, 0) is 42.8 Å². The fourth-order valence-electron chi connectivity index (χ4n) is 2.04. The zero-order valence-corrected chi connectivity index (χ0v) is 12.5. The highest BCUT2D eigenvalue weighted by Crippen LogP contribution is 2.34. The smallest absolute Gasteiger partial charge is 0.139 e. The van der Waals surface area contributed by atoms with Gasteiger partial charge in [0.2, 0.25) is 0 Å². The number of hydrogen-bond acceptors (Lipinski definition) is 2. The largest absolute Gasteiger partial charge is 0.383 e. The summed E-state index contributed by atoms with van der Waals surface area (Å²) in [6, 6.07) is 9.63. The minimum absolute atomic E-state index is 0.593. The summed E-state index contributed by atoms with van der Waals surface area (Å²) in [5.74, 6) is 0.593. The number of nitrogens with zero attached hydrogens (tertiary/aromatic N) is 2. The van der Waals surface area contributed by atoms with E-state index in [1.165, 1.54) is 0 Å². The lowest BCUT2D eigenvalue weighted by atomic mass is 10.1. The van der Waals surface area contributed by atoms with Crippen LogP contribution >= 0.6 is 27.5 Å². The summed E-state index contributed by atoms with van der Waals surface area (Å²) in [5.41, 5.74) is 9.67. The van der Waals surface area contributed by atoms with Crippen molar-refractivity contribution < 1.29 is 0 Å². The predicted octanol–water partition coefficient (Wildman–Crippen LogP) is 4.31. The molecule has 0 atom stereocenters. The molecule has 0 amide bonds. The summed E-state index contributed by atoms with van der Waals surface area (Å²) in [6.07, 6.45) is 1.92. The number of halogens is 2. The van der Waals surface area contributed by atoms with Gasteiger partial charge in [0.1, 0.15) is 17.2 Å². The van der Waals surface area contributed by atoms with Gasteiger partial charge in [0.15, 0.2) is 0 Å². The summed E-state index contributed by atoms with van der Waals surface area (Å²) in [5, 5.41) is 0.634. The first-order chi connectivity index (χ1) is 9.06. The van der Waals surface area contributed by atoms with Gasteiger partial charge in [0, 0.05) is 16.2 Å². The second kappa shape index (κ2) is 4.54. The first-order valence-corrected chi connectivity index (χ1v) is 6.93. The van der Waals surface area contributed by atoms with Gasteiger partial charge in [-0.25, -0.2) is 4.98 Å². The molecule has 0 radical (unpaired) electrons. The van der Waals surface area contributed by atoms with E-state index in [-0.39, 0.29) is 0 Å². The van der Waals surface area contributed by atoms with Gasteiger partial charge in [0.05, 0.1) is 5.02 Å². The Bertz CT molecular complexity index is 780. The highest BCUT2D eigenvalue weighted by molar-refractivity contribution is 9.10. The van der Waals surface area contributed by atoms with E-state index in [1.54, 1.807) is 0 Å². The molecule has 3 rings (SSSR count). The van der Waals surface area contributed by atoms with E-state index >= 15 is 0 Å². The molecule has 3 nitrogen and oxygen atoms in total. The Kier molecular flexibility index (Phi) is 2.99. The van der Waals surface area contributed by atoms with E-state index in [9.17, 15) is 0 Å². The van der Waals surface area contributed by atoms with Crippen LogP contribution in [0.5, 0.6) is 0 Å². The molecule has 0 unspecified atom stereocenters. The van der Waals surface area contributed by atoms with E-state index in [0.29, 0.717) is 16.5 Å². The van der Waals surface area contributed by atoms with E-state index in [2.05, 4.69) is 20.9 Å². The number of rotatable bonds is 1. The van der Waals surface area contributed by atoms with Gasteiger partial charge in [-0.15, -0.1) is 0 Å². The molecule has 0 aliphatic rings. The Morgan fingerprint density at radius 3 is 2.84 bits per heavy atom. The zero-order chi connectivity index (χ0) is 13.6. The number of nitrogen functional groups attached to an aromatic ring is 1. The maximum atomic E-state index is 6.24. The molecule has 0 fully saturated rings. The van der Waals surface area contributed by atoms with Crippen molar-refractivity contribution in [1.29, 1.82) is 0 Å². The van der Waals surface area contributed by atoms with Crippen LogP contribution in [-0.4, -0.2) is 9.38 Å². The predicted molar refractivity (Wildman–Crippen MR) is 82.5 cm³/mol. The molecule has 0 bridgehead atoms. The summed E-state index contributed by atoms with van der Waals surface area (Å²) in [7, 11) is 0. The van der Waals surface area contributed by atoms with Crippen LogP contribution in [0.2, 0.25) is 5.02 Å². The number of benzene rings is 1. The topological polar surface area (TPSA) is 43.3 Å². The first-order valence-electron chi connectivity index (χ1n) is 5.76. The van der Waals surface area contributed by atoms with E-state index < -0.39 is 0 Å². The third-order valence-corrected chi connectivity index (χ3v) is 3.82. The average Bonchev–Trinajstić information content (AvgIpc) is 2.69. The molecule has 0 aliphatic carbocycles. The molecule has 0 spiro atoms. The monoisotopic (exact) mass is 335 g/mol. The molecule has 2 aromatic heterocycles. The SMILES string of the molecule is Cc1ccn2c(N)c(-c3cc(Br)ccc3Cl)nc2c1. The highest BCUT2D eigenvalue weighted by atomic mass is 79.9. The Hall–Kier alpha value is -1.52. The second-order valence-electron chi connectivity index (χ2n) is 4.40. The number of nitrogens with two attached hydrogens (primary N) is 1. The molecule has 0 saturated heterocycles. The average molecular weight is 337 g/mol. The molecule has 19 heavy (non-hydrogen) atoms. The molecule has 3 aromatic rings. The number of aryl methyl sites for hydroxylation is 1. The van der Waals surface area contributed by atoms with E-state index in [0.717, 1.165) is 21.2 Å². The summed E-state index contributed by atoms with van der Waals surface area (Å²) < 4.78 is 2.80. The van der Waals surface area contributed by atoms with Crippen molar-refractivity contribution in [3.05, 3.63) is 51.6 Å². The fourth-order valence-corrected chi connectivity index (χ4v) is 2.61. The van der Waals surface area contributed by atoms with Gasteiger partial charge in [-0.1, -0.05) is 27.5 Å². The summed E-state index contributed by atoms with van der Waals surface area (Å²) in [4.78, 5) is 4.58. The van der Waals surface area contributed by atoms with Crippen LogP contribution in [0.4, 0.5) is 5.82 Å². The summed E-state index contributed by atoms with van der Waals surface area (Å²) >= 11 is 9.68. The van der Waals surface area contributed by atoms with Crippen LogP contribution in [-0.2, 0) is 0 Å². The quantitative estimate of drug-likeness (QED) is 0.719. The lowest BCUT2D eigenvalue weighted by molar-refractivity contribution is 1.18. The maximum Gasteiger partial charge on any atom is 0.139 e. The lowest BCUT2D eigenvalue weighted by Gasteiger charge is -2.03. The Labute approximate surface area is 124 Å². The Morgan fingerprint density at radius 1 is 1.26 bits per heavy atom. The van der Waals surface area contributed by atoms with Gasteiger partial charge < -0.3 is 5.73 Å². The van der Waals surface area contributed by atoms with Crippen molar-refractivity contribution in [3.8, 4) is 11.3 Å². The number of aromatic nitrogens is 2. The minimum Gasteiger partial charge on any atom is -0.383 e. The molecule has 2 N–H and O–H groups in total. The molecule has 0 saturated carbocycles. The van der Waals surface area contributed by atoms with Crippen molar-refractivity contribution in [2.75, 3.05) is 5.73 Å². The van der Waals surface area contributed by atoms with E-state index in [1.807, 2.05) is 47.9 Å². The number of fused-ring (bicyclic) bond motifs is 1. The molecular weight excluding hydrogens is 326 g/mol. The third-order valence-electron chi connectivity index (χ3n) is 3.00. The van der Waals surface area contributed by atoms with E-state index in [4.69, 9.17) is 17.3 Å². The van der Waals surface area contributed by atoms with Crippen molar-refractivity contribution in [3.63, 3.8) is 0 Å². The van der Waals surface area contributed by atoms with Gasteiger partial charge >= 0.3 is 0 Å². The number of pyridine rings is 1. The normalized spacial score (nSPS) is 11.1. The highest BCUT2D eigenvalue weighted by Gasteiger charge is 2.14. The van der Waals surface area contributed by atoms with Crippen LogP contribution in [0, 0.1) is 6.92 Å². The number of imidazole rings is 1. The third kappa shape index (κ3) is 2.11. The molecule has 96 valence electrons. The van der Waals surface area contributed by atoms with Crippen molar-refractivity contribution in [2.45, 2.75) is 6.92 Å². The fraction of sp³-hybridized carbons (Fsp3) is 0.0714. The zero-order valence-electron chi connectivity index (χ0n) is 10.2. The van der Waals surface area contributed by atoms with Crippen molar-refractivity contribution >= 4 is 39.0 Å². The van der Waals surface area contributed by atoms with Crippen molar-refractivity contribution in [1.82, 2.24) is 9.38 Å². The van der Waals surface area contributed by atoms with Crippen LogP contribution in [0.1, 0.15) is 5.56 Å². The Morgan fingerprint density at radius 2 is 2.05 bits per heavy atom. The van der Waals surface area contributed by atoms with Crippen molar-refractivity contribution in [2.24, 2.45) is 0 Å². The molecule has 0 aliphatic heterocycles. The number of anilines is 1. The molecule has 2 heterocycles. The van der Waals surface area contributed by atoms with Crippen LogP contribution in [0.3, 0.4) is 0 Å². The van der Waals surface area contributed by atoms with Gasteiger partial charge in [-0.3, -0.25) is 4.40 Å². The standard InChI is InChI=1S/C14H11BrClN3/c1-8-4-5-19-12(6-8)18-13(14(19)17)10-7-9(15)2-3-11(10)16/h2-7H,17H2,1H3. The van der Waals surface area contributed by atoms with Crippen LogP contribution < -0.4 is 5.73 Å². The Balaban J connectivity index is 2.30. The second-order valence-corrected chi connectivity index (χ2v) is 5.72. The van der Waals surface area contributed by atoms with Crippen LogP contribution in [0.25, 0.3) is 16.9 Å². The minimum atomic E-state index is 0.593. The van der Waals surface area contributed by atoms with Gasteiger partial charge in [0.25, 0.3) is 0 Å². The molecule has 5 heteroatoms. The van der Waals surface area contributed by atoms with Crippen LogP contribution in [0.15, 0.2) is 41.0 Å². The van der Waals surface area contributed by atoms with Gasteiger partial charge in [-0.2, -0.15) is 0 Å².